The lowest BCUT2D eigenvalue weighted by Crippen LogP contribution is -2.24. The average Bonchev–Trinajstić information content (AvgIpc) is 2.40. The molecule has 0 saturated carbocycles. The molecule has 1 unspecified atom stereocenters. The highest BCUT2D eigenvalue weighted by molar-refractivity contribution is 5.22. The summed E-state index contributed by atoms with van der Waals surface area (Å²) in [4.78, 5) is 0. The van der Waals surface area contributed by atoms with Crippen molar-refractivity contribution in [3.63, 3.8) is 0 Å². The maximum absolute atomic E-state index is 13.9. The van der Waals surface area contributed by atoms with Gasteiger partial charge in [-0.2, -0.15) is 0 Å². The van der Waals surface area contributed by atoms with Crippen molar-refractivity contribution in [2.24, 2.45) is 5.92 Å². The van der Waals surface area contributed by atoms with E-state index in [1.165, 1.54) is 0 Å². The molecule has 1 fully saturated rings. The smallest absolute Gasteiger partial charge is 0.126 e. The maximum Gasteiger partial charge on any atom is 0.126 e. The van der Waals surface area contributed by atoms with Crippen LogP contribution in [0.15, 0.2) is 24.3 Å². The fourth-order valence-electron chi connectivity index (χ4n) is 2.76. The van der Waals surface area contributed by atoms with Gasteiger partial charge >= 0.3 is 0 Å². The zero-order valence-corrected chi connectivity index (χ0v) is 11.0. The van der Waals surface area contributed by atoms with Crippen molar-refractivity contribution < 1.29 is 9.13 Å². The Bertz CT molecular complexity index is 363. The molecule has 100 valence electrons. The Morgan fingerprint density at radius 3 is 2.72 bits per heavy atom. The van der Waals surface area contributed by atoms with Gasteiger partial charge in [0.15, 0.2) is 0 Å². The van der Waals surface area contributed by atoms with E-state index in [1.807, 2.05) is 19.2 Å². The monoisotopic (exact) mass is 251 g/mol. The summed E-state index contributed by atoms with van der Waals surface area (Å²) in [6.07, 6.45) is 3.26. The Labute approximate surface area is 109 Å². The summed E-state index contributed by atoms with van der Waals surface area (Å²) < 4.78 is 19.2. The summed E-state index contributed by atoms with van der Waals surface area (Å²) in [7, 11) is 1.93. The van der Waals surface area contributed by atoms with Crippen LogP contribution in [0.1, 0.15) is 30.7 Å². The van der Waals surface area contributed by atoms with E-state index in [2.05, 4.69) is 5.32 Å². The van der Waals surface area contributed by atoms with Crippen molar-refractivity contribution in [1.29, 1.82) is 0 Å². The van der Waals surface area contributed by atoms with Crippen LogP contribution in [0, 0.1) is 11.7 Å². The summed E-state index contributed by atoms with van der Waals surface area (Å²) in [5.74, 6) is 0.848. The molecule has 1 aromatic carbocycles. The fraction of sp³-hybridized carbons (Fsp3) is 0.600. The van der Waals surface area contributed by atoms with E-state index in [1.54, 1.807) is 12.1 Å². The number of hydrogen-bond acceptors (Lipinski definition) is 2. The topological polar surface area (TPSA) is 21.3 Å². The molecule has 0 aromatic heterocycles. The molecule has 18 heavy (non-hydrogen) atoms. The molecule has 1 aromatic rings. The van der Waals surface area contributed by atoms with E-state index in [-0.39, 0.29) is 11.7 Å². The Morgan fingerprint density at radius 2 is 2.06 bits per heavy atom. The standard InChI is InChI=1S/C15H22FNO/c1-17-11-13(10-12-6-8-18-9-7-12)14-4-2-3-5-15(14)16/h2-5,12-13,17H,6-11H2,1H3. The van der Waals surface area contributed by atoms with Gasteiger partial charge in [-0.1, -0.05) is 18.2 Å². The molecule has 2 rings (SSSR count). The number of halogens is 1. The molecule has 0 aliphatic carbocycles. The van der Waals surface area contributed by atoms with Gasteiger partial charge in [0, 0.05) is 19.8 Å². The van der Waals surface area contributed by atoms with Gasteiger partial charge in [-0.15, -0.1) is 0 Å². The molecule has 1 aliphatic heterocycles. The second kappa shape index (κ2) is 6.86. The van der Waals surface area contributed by atoms with Crippen LogP contribution in [-0.4, -0.2) is 26.8 Å². The predicted octanol–water partition coefficient (Wildman–Crippen LogP) is 2.95. The minimum Gasteiger partial charge on any atom is -0.381 e. The first-order valence-corrected chi connectivity index (χ1v) is 6.78. The van der Waals surface area contributed by atoms with Crippen molar-refractivity contribution in [2.45, 2.75) is 25.2 Å². The molecule has 0 spiro atoms. The zero-order valence-electron chi connectivity index (χ0n) is 11.0. The summed E-state index contributed by atoms with van der Waals surface area (Å²) in [6.45, 7) is 2.54. The van der Waals surface area contributed by atoms with Gasteiger partial charge in [0.05, 0.1) is 0 Å². The van der Waals surface area contributed by atoms with Crippen molar-refractivity contribution in [1.82, 2.24) is 5.32 Å². The van der Waals surface area contributed by atoms with E-state index < -0.39 is 0 Å². The number of nitrogens with one attached hydrogen (secondary N) is 1. The molecule has 1 atom stereocenters. The van der Waals surface area contributed by atoms with Gasteiger partial charge in [0.25, 0.3) is 0 Å². The molecule has 1 N–H and O–H groups in total. The van der Waals surface area contributed by atoms with E-state index >= 15 is 0 Å². The lowest BCUT2D eigenvalue weighted by atomic mass is 9.85. The summed E-state index contributed by atoms with van der Waals surface area (Å²) in [5, 5.41) is 3.19. The van der Waals surface area contributed by atoms with Crippen LogP contribution in [0.3, 0.4) is 0 Å². The number of benzene rings is 1. The lowest BCUT2D eigenvalue weighted by molar-refractivity contribution is 0.0616. The van der Waals surface area contributed by atoms with Crippen LogP contribution in [0.5, 0.6) is 0 Å². The first-order valence-electron chi connectivity index (χ1n) is 6.78. The number of rotatable bonds is 5. The average molecular weight is 251 g/mol. The third-order valence-electron chi connectivity index (χ3n) is 3.75. The molecule has 1 saturated heterocycles. The largest absolute Gasteiger partial charge is 0.381 e. The van der Waals surface area contributed by atoms with Crippen LogP contribution in [-0.2, 0) is 4.74 Å². The highest BCUT2D eigenvalue weighted by atomic mass is 19.1. The molecule has 3 heteroatoms. The maximum atomic E-state index is 13.9. The molecule has 0 amide bonds. The SMILES string of the molecule is CNCC(CC1CCOCC1)c1ccccc1F. The van der Waals surface area contributed by atoms with Gasteiger partial charge in [0.1, 0.15) is 5.82 Å². The van der Waals surface area contributed by atoms with Gasteiger partial charge in [-0.05, 0) is 49.8 Å². The van der Waals surface area contributed by atoms with Gasteiger partial charge < -0.3 is 10.1 Å². The van der Waals surface area contributed by atoms with Gasteiger partial charge in [0.2, 0.25) is 0 Å². The minimum absolute atomic E-state index is 0.0789. The molecule has 2 nitrogen and oxygen atoms in total. The van der Waals surface area contributed by atoms with Crippen molar-refractivity contribution in [3.05, 3.63) is 35.6 Å². The van der Waals surface area contributed by atoms with E-state index in [0.29, 0.717) is 5.92 Å². The molecule has 1 heterocycles. The minimum atomic E-state index is -0.0789. The third-order valence-corrected chi connectivity index (χ3v) is 3.75. The van der Waals surface area contributed by atoms with E-state index in [4.69, 9.17) is 4.74 Å². The van der Waals surface area contributed by atoms with Crippen LogP contribution in [0.25, 0.3) is 0 Å². The van der Waals surface area contributed by atoms with Crippen LogP contribution in [0.2, 0.25) is 0 Å². The van der Waals surface area contributed by atoms with Gasteiger partial charge in [-0.3, -0.25) is 0 Å². The Morgan fingerprint density at radius 1 is 1.33 bits per heavy atom. The van der Waals surface area contributed by atoms with E-state index in [9.17, 15) is 4.39 Å². The normalized spacial score (nSPS) is 18.8. The second-order valence-corrected chi connectivity index (χ2v) is 5.07. The first kappa shape index (κ1) is 13.5. The Hall–Kier alpha value is -0.930. The van der Waals surface area contributed by atoms with Crippen molar-refractivity contribution in [3.8, 4) is 0 Å². The van der Waals surface area contributed by atoms with Crippen LogP contribution >= 0.6 is 0 Å². The fourth-order valence-corrected chi connectivity index (χ4v) is 2.76. The second-order valence-electron chi connectivity index (χ2n) is 5.07. The van der Waals surface area contributed by atoms with E-state index in [0.717, 1.165) is 44.6 Å². The van der Waals surface area contributed by atoms with Crippen LogP contribution < -0.4 is 5.32 Å². The number of hydrogen-bond donors (Lipinski definition) is 1. The molecule has 0 radical (unpaired) electrons. The Balaban J connectivity index is 2.05. The molecule has 0 bridgehead atoms. The van der Waals surface area contributed by atoms with Crippen molar-refractivity contribution in [2.75, 3.05) is 26.8 Å². The first-order chi connectivity index (χ1) is 8.81. The predicted molar refractivity (Wildman–Crippen MR) is 71.2 cm³/mol. The molecular formula is C15H22FNO. The summed E-state index contributed by atoms with van der Waals surface area (Å²) in [6, 6.07) is 7.15. The molecular weight excluding hydrogens is 229 g/mol. The third kappa shape index (κ3) is 3.53. The highest BCUT2D eigenvalue weighted by Gasteiger charge is 2.21. The number of likely N-dealkylation sites (N-methyl/N-ethyl adjacent to an activating group) is 1. The summed E-state index contributed by atoms with van der Waals surface area (Å²) >= 11 is 0. The summed E-state index contributed by atoms with van der Waals surface area (Å²) in [5.41, 5.74) is 0.846. The van der Waals surface area contributed by atoms with Crippen LogP contribution in [0.4, 0.5) is 4.39 Å². The van der Waals surface area contributed by atoms with Gasteiger partial charge in [-0.25, -0.2) is 4.39 Å². The quantitative estimate of drug-likeness (QED) is 0.868. The highest BCUT2D eigenvalue weighted by Crippen LogP contribution is 2.30. The van der Waals surface area contributed by atoms with Crippen molar-refractivity contribution >= 4 is 0 Å². The Kier molecular flexibility index (Phi) is 5.14. The number of ether oxygens (including phenoxy) is 1. The zero-order chi connectivity index (χ0) is 12.8. The lowest BCUT2D eigenvalue weighted by Gasteiger charge is -2.27. The molecule has 1 aliphatic rings.